The van der Waals surface area contributed by atoms with Crippen molar-refractivity contribution in [1.29, 1.82) is 0 Å². The average Bonchev–Trinajstić information content (AvgIpc) is 2.67. The smallest absolute Gasteiger partial charge is 0.137 e. The summed E-state index contributed by atoms with van der Waals surface area (Å²) in [4.78, 5) is 0. The molecule has 1 heterocycles. The van der Waals surface area contributed by atoms with Crippen molar-refractivity contribution in [3.63, 3.8) is 0 Å². The van der Waals surface area contributed by atoms with Crippen molar-refractivity contribution >= 4 is 15.9 Å². The highest BCUT2D eigenvalue weighted by molar-refractivity contribution is 9.10. The van der Waals surface area contributed by atoms with Crippen LogP contribution in [0.25, 0.3) is 0 Å². The first kappa shape index (κ1) is 15.2. The van der Waals surface area contributed by atoms with Crippen LogP contribution in [-0.2, 0) is 13.0 Å². The van der Waals surface area contributed by atoms with E-state index in [-0.39, 0.29) is 5.82 Å². The van der Waals surface area contributed by atoms with Gasteiger partial charge in [0.25, 0.3) is 0 Å². The first-order valence-electron chi connectivity index (χ1n) is 6.64. The van der Waals surface area contributed by atoms with Crippen LogP contribution in [0.5, 0.6) is 0 Å². The Morgan fingerprint density at radius 1 is 1.35 bits per heavy atom. The second kappa shape index (κ2) is 6.50. The van der Waals surface area contributed by atoms with E-state index in [2.05, 4.69) is 33.3 Å². The maximum atomic E-state index is 13.2. The Labute approximate surface area is 127 Å². The van der Waals surface area contributed by atoms with Crippen LogP contribution in [0.1, 0.15) is 22.5 Å². The van der Waals surface area contributed by atoms with Gasteiger partial charge in [-0.15, -0.1) is 0 Å². The van der Waals surface area contributed by atoms with Gasteiger partial charge >= 0.3 is 0 Å². The molecule has 0 fully saturated rings. The normalized spacial score (nSPS) is 11.1. The predicted octanol–water partition coefficient (Wildman–Crippen LogP) is 3.21. The van der Waals surface area contributed by atoms with E-state index in [1.807, 2.05) is 18.7 Å². The van der Waals surface area contributed by atoms with Gasteiger partial charge in [0.1, 0.15) is 5.82 Å². The van der Waals surface area contributed by atoms with Gasteiger partial charge < -0.3 is 5.32 Å². The molecule has 2 rings (SSSR count). The minimum atomic E-state index is -0.239. The molecule has 5 heteroatoms. The van der Waals surface area contributed by atoms with Gasteiger partial charge in [-0.3, -0.25) is 4.68 Å². The molecule has 0 aliphatic carbocycles. The van der Waals surface area contributed by atoms with Crippen molar-refractivity contribution in [2.24, 2.45) is 0 Å². The summed E-state index contributed by atoms with van der Waals surface area (Å²) in [5.74, 6) is -0.239. The number of hydrogen-bond acceptors (Lipinski definition) is 2. The fourth-order valence-corrected chi connectivity index (χ4v) is 2.74. The van der Waals surface area contributed by atoms with E-state index in [9.17, 15) is 4.39 Å². The molecule has 0 saturated heterocycles. The molecule has 0 bridgehead atoms. The summed E-state index contributed by atoms with van der Waals surface area (Å²) >= 11 is 3.22. The molecule has 108 valence electrons. The van der Waals surface area contributed by atoms with Gasteiger partial charge in [-0.25, -0.2) is 4.39 Å². The Bertz CT molecular complexity index is 607. The lowest BCUT2D eigenvalue weighted by Crippen LogP contribution is -2.11. The molecule has 3 nitrogen and oxygen atoms in total. The molecule has 1 N–H and O–H groups in total. The third kappa shape index (κ3) is 3.27. The number of hydrogen-bond donors (Lipinski definition) is 1. The van der Waals surface area contributed by atoms with Crippen molar-refractivity contribution < 1.29 is 4.39 Å². The van der Waals surface area contributed by atoms with Crippen molar-refractivity contribution in [2.75, 3.05) is 13.6 Å². The summed E-state index contributed by atoms with van der Waals surface area (Å²) in [6.07, 6.45) is 0.973. The predicted molar refractivity (Wildman–Crippen MR) is 82.5 cm³/mol. The number of likely N-dealkylation sites (N-methyl/N-ethyl adjacent to an activating group) is 1. The van der Waals surface area contributed by atoms with Crippen LogP contribution in [0, 0.1) is 19.7 Å². The van der Waals surface area contributed by atoms with Crippen LogP contribution in [-0.4, -0.2) is 23.4 Å². The molecule has 0 spiro atoms. The van der Waals surface area contributed by atoms with Crippen molar-refractivity contribution in [3.05, 3.63) is 51.0 Å². The molecule has 0 atom stereocenters. The minimum absolute atomic E-state index is 0.239. The Kier molecular flexibility index (Phi) is 4.94. The maximum absolute atomic E-state index is 13.2. The first-order chi connectivity index (χ1) is 9.52. The number of benzene rings is 1. The standard InChI is InChI=1S/C15H19BrFN3/c1-10-13(6-7-18-3)11(2)20(19-10)9-12-4-5-15(17)14(16)8-12/h4-5,8,18H,6-7,9H2,1-3H3. The number of halogens is 2. The molecule has 0 aliphatic heterocycles. The van der Waals surface area contributed by atoms with E-state index in [1.54, 1.807) is 12.1 Å². The Balaban J connectivity index is 2.23. The van der Waals surface area contributed by atoms with Crippen LogP contribution in [0.15, 0.2) is 22.7 Å². The number of nitrogens with zero attached hydrogens (tertiary/aromatic N) is 2. The van der Waals surface area contributed by atoms with Gasteiger partial charge in [0, 0.05) is 5.69 Å². The fraction of sp³-hybridized carbons (Fsp3) is 0.400. The second-order valence-corrected chi connectivity index (χ2v) is 5.76. The van der Waals surface area contributed by atoms with Gasteiger partial charge in [0.05, 0.1) is 16.7 Å². The van der Waals surface area contributed by atoms with Crippen molar-refractivity contribution in [1.82, 2.24) is 15.1 Å². The lowest BCUT2D eigenvalue weighted by molar-refractivity contribution is 0.616. The van der Waals surface area contributed by atoms with Gasteiger partial charge in [-0.05, 0) is 73.1 Å². The third-order valence-electron chi connectivity index (χ3n) is 3.47. The molecule has 0 saturated carbocycles. The van der Waals surface area contributed by atoms with Gasteiger partial charge in [-0.2, -0.15) is 5.10 Å². The summed E-state index contributed by atoms with van der Waals surface area (Å²) < 4.78 is 15.7. The minimum Gasteiger partial charge on any atom is -0.319 e. The summed E-state index contributed by atoms with van der Waals surface area (Å²) in [5, 5.41) is 7.75. The molecule has 2 aromatic rings. The second-order valence-electron chi connectivity index (χ2n) is 4.91. The van der Waals surface area contributed by atoms with E-state index >= 15 is 0 Å². The Morgan fingerprint density at radius 3 is 2.75 bits per heavy atom. The molecular formula is C15H19BrFN3. The summed E-state index contributed by atoms with van der Waals surface area (Å²) in [6, 6.07) is 5.08. The summed E-state index contributed by atoms with van der Waals surface area (Å²) in [7, 11) is 1.95. The largest absolute Gasteiger partial charge is 0.319 e. The number of aryl methyl sites for hydroxylation is 1. The van der Waals surface area contributed by atoms with Crippen LogP contribution < -0.4 is 5.32 Å². The highest BCUT2D eigenvalue weighted by Gasteiger charge is 2.11. The molecule has 0 aliphatic rings. The van der Waals surface area contributed by atoms with E-state index in [1.165, 1.54) is 17.3 Å². The zero-order valence-corrected chi connectivity index (χ0v) is 13.6. The van der Waals surface area contributed by atoms with Crippen LogP contribution in [0.3, 0.4) is 0 Å². The first-order valence-corrected chi connectivity index (χ1v) is 7.43. The van der Waals surface area contributed by atoms with Crippen LogP contribution in [0.4, 0.5) is 4.39 Å². The van der Waals surface area contributed by atoms with Crippen molar-refractivity contribution in [3.8, 4) is 0 Å². The fourth-order valence-electron chi connectivity index (χ4n) is 2.31. The van der Waals surface area contributed by atoms with E-state index in [0.717, 1.165) is 24.2 Å². The summed E-state index contributed by atoms with van der Waals surface area (Å²) in [6.45, 7) is 5.72. The van der Waals surface area contributed by atoms with Crippen molar-refractivity contribution in [2.45, 2.75) is 26.8 Å². The lowest BCUT2D eigenvalue weighted by Gasteiger charge is -2.07. The highest BCUT2D eigenvalue weighted by Crippen LogP contribution is 2.19. The van der Waals surface area contributed by atoms with Crippen LogP contribution in [0.2, 0.25) is 0 Å². The third-order valence-corrected chi connectivity index (χ3v) is 4.08. The molecule has 0 amide bonds. The number of nitrogens with one attached hydrogen (secondary N) is 1. The lowest BCUT2D eigenvalue weighted by atomic mass is 10.1. The molecule has 0 unspecified atom stereocenters. The zero-order chi connectivity index (χ0) is 14.7. The number of rotatable bonds is 5. The van der Waals surface area contributed by atoms with Gasteiger partial charge in [0.15, 0.2) is 0 Å². The molecular weight excluding hydrogens is 321 g/mol. The van der Waals surface area contributed by atoms with Gasteiger partial charge in [0.2, 0.25) is 0 Å². The monoisotopic (exact) mass is 339 g/mol. The topological polar surface area (TPSA) is 29.9 Å². The van der Waals surface area contributed by atoms with E-state index in [0.29, 0.717) is 11.0 Å². The zero-order valence-electron chi connectivity index (χ0n) is 12.0. The summed E-state index contributed by atoms with van der Waals surface area (Å²) in [5.41, 5.74) is 4.57. The average molecular weight is 340 g/mol. The molecule has 1 aromatic heterocycles. The van der Waals surface area contributed by atoms with E-state index < -0.39 is 0 Å². The molecule has 20 heavy (non-hydrogen) atoms. The highest BCUT2D eigenvalue weighted by atomic mass is 79.9. The maximum Gasteiger partial charge on any atom is 0.137 e. The quantitative estimate of drug-likeness (QED) is 0.906. The van der Waals surface area contributed by atoms with Crippen LogP contribution >= 0.6 is 15.9 Å². The Morgan fingerprint density at radius 2 is 2.10 bits per heavy atom. The van der Waals surface area contributed by atoms with E-state index in [4.69, 9.17) is 0 Å². The Hall–Kier alpha value is -1.20. The molecule has 1 aromatic carbocycles. The number of aromatic nitrogens is 2. The SMILES string of the molecule is CNCCc1c(C)nn(Cc2ccc(F)c(Br)c2)c1C. The molecule has 0 radical (unpaired) electrons. The van der Waals surface area contributed by atoms with Gasteiger partial charge in [-0.1, -0.05) is 6.07 Å².